The number of hydrogen-bond acceptors (Lipinski definition) is 7. The maximum atomic E-state index is 14.0. The molecule has 224 valence electrons. The molecule has 10 nitrogen and oxygen atoms in total. The molecule has 1 fully saturated rings. The lowest BCUT2D eigenvalue weighted by atomic mass is 9.96. The molecule has 1 aliphatic carbocycles. The second kappa shape index (κ2) is 13.8. The molecule has 1 aliphatic rings. The van der Waals surface area contributed by atoms with Crippen LogP contribution in [0.1, 0.15) is 37.7 Å². The third kappa shape index (κ3) is 7.38. The maximum Gasteiger partial charge on any atom is 0.264 e. The van der Waals surface area contributed by atoms with Crippen LogP contribution in [0.2, 0.25) is 0 Å². The van der Waals surface area contributed by atoms with Gasteiger partial charge in [-0.25, -0.2) is 18.3 Å². The number of phenols is 1. The highest BCUT2D eigenvalue weighted by Crippen LogP contribution is 2.39. The van der Waals surface area contributed by atoms with Crippen LogP contribution < -0.4 is 15.5 Å². The Morgan fingerprint density at radius 2 is 1.62 bits per heavy atom. The van der Waals surface area contributed by atoms with Gasteiger partial charge in [-0.2, -0.15) is 4.31 Å². The van der Waals surface area contributed by atoms with Crippen molar-refractivity contribution in [1.82, 2.24) is 15.1 Å². The van der Waals surface area contributed by atoms with E-state index in [0.29, 0.717) is 40.9 Å². The van der Waals surface area contributed by atoms with Gasteiger partial charge >= 0.3 is 0 Å². The van der Waals surface area contributed by atoms with Crippen molar-refractivity contribution in [3.63, 3.8) is 0 Å². The number of hydroxylamine groups is 1. The Bertz CT molecular complexity index is 1510. The van der Waals surface area contributed by atoms with Crippen molar-refractivity contribution in [2.45, 2.75) is 49.0 Å². The first-order valence-electron chi connectivity index (χ1n) is 13.3. The van der Waals surface area contributed by atoms with E-state index in [4.69, 9.17) is 4.74 Å². The van der Waals surface area contributed by atoms with E-state index in [1.165, 1.54) is 48.5 Å². The van der Waals surface area contributed by atoms with Crippen molar-refractivity contribution in [2.24, 2.45) is 0 Å². The lowest BCUT2D eigenvalue weighted by Crippen LogP contribution is -2.59. The Balaban J connectivity index is 1.50. The zero-order valence-corrected chi connectivity index (χ0v) is 25.5. The molecule has 0 unspecified atom stereocenters. The number of nitrogens with zero attached hydrogens (tertiary/aromatic N) is 1. The number of nitrogens with one attached hydrogen (secondary N) is 2. The molecule has 0 bridgehead atoms. The Morgan fingerprint density at radius 1 is 1.00 bits per heavy atom. The number of phenolic OH excluding ortho intramolecular Hbond substituents is 1. The van der Waals surface area contributed by atoms with Gasteiger partial charge in [0.15, 0.2) is 0 Å². The van der Waals surface area contributed by atoms with Crippen LogP contribution in [0.5, 0.6) is 17.2 Å². The number of aromatic hydroxyl groups is 1. The number of ether oxygens (including phenoxy) is 1. The van der Waals surface area contributed by atoms with E-state index < -0.39 is 33.2 Å². The molecule has 0 radical (unpaired) electrons. The molecule has 0 aromatic heterocycles. The van der Waals surface area contributed by atoms with Crippen molar-refractivity contribution >= 4 is 44.4 Å². The van der Waals surface area contributed by atoms with Crippen LogP contribution in [-0.4, -0.2) is 53.5 Å². The summed E-state index contributed by atoms with van der Waals surface area (Å²) in [6, 6.07) is 16.1. The van der Waals surface area contributed by atoms with Crippen molar-refractivity contribution in [1.29, 1.82) is 0 Å². The van der Waals surface area contributed by atoms with Crippen molar-refractivity contribution < 1.29 is 37.4 Å². The lowest BCUT2D eigenvalue weighted by Gasteiger charge is -2.38. The number of halogens is 2. The SMILES string of the molecule is O=C(CCN(C1(C(=O)NO)CCCC1)S(=O)(=O)c1ccc(Oc2ccc(F)cc2)cc1)NCCc1ccc(O)c(I)c1. The third-order valence-electron chi connectivity index (χ3n) is 7.18. The van der Waals surface area contributed by atoms with Crippen LogP contribution in [-0.2, 0) is 26.0 Å². The first-order valence-corrected chi connectivity index (χ1v) is 15.8. The average molecular weight is 712 g/mol. The first kappa shape index (κ1) is 31.7. The fourth-order valence-corrected chi connectivity index (χ4v) is 7.38. The molecular formula is C29H31FIN3O7S. The molecule has 42 heavy (non-hydrogen) atoms. The fraction of sp³-hybridized carbons (Fsp3) is 0.310. The Kier molecular flexibility index (Phi) is 10.4. The summed E-state index contributed by atoms with van der Waals surface area (Å²) in [5.41, 5.74) is 0.989. The van der Waals surface area contributed by atoms with Gasteiger partial charge in [-0.15, -0.1) is 0 Å². The van der Waals surface area contributed by atoms with Crippen LogP contribution >= 0.6 is 22.6 Å². The number of benzene rings is 3. The largest absolute Gasteiger partial charge is 0.507 e. The monoisotopic (exact) mass is 711 g/mol. The molecule has 4 rings (SSSR count). The number of hydrogen-bond donors (Lipinski definition) is 4. The minimum absolute atomic E-state index is 0.117. The summed E-state index contributed by atoms with van der Waals surface area (Å²) in [5.74, 6) is -0.806. The van der Waals surface area contributed by atoms with E-state index in [9.17, 15) is 32.7 Å². The Hall–Kier alpha value is -3.27. The van der Waals surface area contributed by atoms with E-state index >= 15 is 0 Å². The van der Waals surface area contributed by atoms with Crippen LogP contribution in [0.15, 0.2) is 71.6 Å². The third-order valence-corrected chi connectivity index (χ3v) is 10.0. The summed E-state index contributed by atoms with van der Waals surface area (Å²) in [4.78, 5) is 25.6. The molecule has 3 aromatic carbocycles. The van der Waals surface area contributed by atoms with Gasteiger partial charge in [0.05, 0.1) is 8.47 Å². The molecule has 0 atom stereocenters. The molecule has 0 spiro atoms. The summed E-state index contributed by atoms with van der Waals surface area (Å²) in [7, 11) is -4.31. The average Bonchev–Trinajstić information content (AvgIpc) is 3.47. The first-order chi connectivity index (χ1) is 20.0. The van der Waals surface area contributed by atoms with Gasteiger partial charge in [-0.3, -0.25) is 14.8 Å². The van der Waals surface area contributed by atoms with E-state index in [1.807, 2.05) is 28.7 Å². The van der Waals surface area contributed by atoms with Crippen molar-refractivity contribution in [3.8, 4) is 17.2 Å². The molecule has 2 amide bonds. The number of rotatable bonds is 12. The number of amides is 2. The maximum absolute atomic E-state index is 14.0. The molecule has 13 heteroatoms. The molecule has 4 N–H and O–H groups in total. The Morgan fingerprint density at radius 3 is 2.21 bits per heavy atom. The van der Waals surface area contributed by atoms with Gasteiger partial charge in [0.2, 0.25) is 15.9 Å². The summed E-state index contributed by atoms with van der Waals surface area (Å²) < 4.78 is 48.5. The van der Waals surface area contributed by atoms with Gasteiger partial charge < -0.3 is 15.2 Å². The minimum Gasteiger partial charge on any atom is -0.507 e. The van der Waals surface area contributed by atoms with E-state index in [-0.39, 0.29) is 36.5 Å². The highest BCUT2D eigenvalue weighted by Gasteiger charge is 2.51. The van der Waals surface area contributed by atoms with Gasteiger partial charge in [0, 0.05) is 19.5 Å². The zero-order valence-electron chi connectivity index (χ0n) is 22.6. The van der Waals surface area contributed by atoms with Crippen molar-refractivity contribution in [2.75, 3.05) is 13.1 Å². The molecule has 1 saturated carbocycles. The molecule has 3 aromatic rings. The fourth-order valence-electron chi connectivity index (χ4n) is 5.01. The van der Waals surface area contributed by atoms with Crippen LogP contribution in [0.25, 0.3) is 0 Å². The van der Waals surface area contributed by atoms with Crippen LogP contribution in [0.4, 0.5) is 4.39 Å². The summed E-state index contributed by atoms with van der Waals surface area (Å²) in [5, 5.41) is 22.0. The standard InChI is InChI=1S/C29H31FIN3O7S/c30-21-4-6-22(7-5-21)41-23-8-10-24(11-9-23)42(39,40)34(29(28(37)33-38)15-1-2-16-29)18-14-27(36)32-17-13-20-3-12-26(35)25(31)19-20/h3-12,19,35,38H,1-2,13-18H2,(H,32,36)(H,33,37). The summed E-state index contributed by atoms with van der Waals surface area (Å²) >= 11 is 2.01. The van der Waals surface area contributed by atoms with Crippen molar-refractivity contribution in [3.05, 3.63) is 81.7 Å². The molecule has 0 aliphatic heterocycles. The molecule has 0 heterocycles. The predicted molar refractivity (Wildman–Crippen MR) is 160 cm³/mol. The quantitative estimate of drug-likeness (QED) is 0.123. The molecular weight excluding hydrogens is 680 g/mol. The summed E-state index contributed by atoms with van der Waals surface area (Å²) in [6.07, 6.45) is 1.81. The second-order valence-corrected chi connectivity index (χ2v) is 12.9. The lowest BCUT2D eigenvalue weighted by molar-refractivity contribution is -0.139. The highest BCUT2D eigenvalue weighted by molar-refractivity contribution is 14.1. The van der Waals surface area contributed by atoms with Crippen LogP contribution in [0.3, 0.4) is 0 Å². The predicted octanol–water partition coefficient (Wildman–Crippen LogP) is 4.49. The van der Waals surface area contributed by atoms with Gasteiger partial charge in [-0.1, -0.05) is 18.9 Å². The number of sulfonamides is 1. The van der Waals surface area contributed by atoms with Gasteiger partial charge in [0.1, 0.15) is 28.6 Å². The minimum atomic E-state index is -4.31. The summed E-state index contributed by atoms with van der Waals surface area (Å²) in [6.45, 7) is 0.0107. The Labute approximate surface area is 257 Å². The van der Waals surface area contributed by atoms with E-state index in [0.717, 1.165) is 9.87 Å². The van der Waals surface area contributed by atoms with E-state index in [1.54, 1.807) is 17.6 Å². The molecule has 0 saturated heterocycles. The number of carbonyl (C=O) groups excluding carboxylic acids is 2. The topological polar surface area (TPSA) is 145 Å². The van der Waals surface area contributed by atoms with E-state index in [2.05, 4.69) is 5.32 Å². The van der Waals surface area contributed by atoms with Gasteiger partial charge in [0.25, 0.3) is 5.91 Å². The second-order valence-electron chi connectivity index (χ2n) is 9.92. The van der Waals surface area contributed by atoms with Gasteiger partial charge in [-0.05, 0) is 108 Å². The highest BCUT2D eigenvalue weighted by atomic mass is 127. The normalized spacial score (nSPS) is 14.5. The van der Waals surface area contributed by atoms with Crippen LogP contribution in [0, 0.1) is 9.39 Å². The number of carbonyl (C=O) groups is 2. The smallest absolute Gasteiger partial charge is 0.264 e. The zero-order chi connectivity index (χ0) is 30.3.